The molecule has 2 aliphatic heterocycles. The van der Waals surface area contributed by atoms with E-state index in [4.69, 9.17) is 4.74 Å². The predicted octanol–water partition coefficient (Wildman–Crippen LogP) is 1.32. The number of likely N-dealkylation sites (tertiary alicyclic amines) is 1. The van der Waals surface area contributed by atoms with Gasteiger partial charge in [-0.15, -0.1) is 0 Å². The summed E-state index contributed by atoms with van der Waals surface area (Å²) < 4.78 is 33.2. The third-order valence-electron chi connectivity index (χ3n) is 4.79. The molecule has 3 rings (SSSR count). The molecule has 0 unspecified atom stereocenters. The number of benzene rings is 1. The van der Waals surface area contributed by atoms with Gasteiger partial charge in [0, 0.05) is 37.5 Å². The third kappa shape index (κ3) is 3.20. The van der Waals surface area contributed by atoms with Crippen molar-refractivity contribution in [2.75, 3.05) is 26.2 Å². The molecule has 0 aliphatic carbocycles. The van der Waals surface area contributed by atoms with E-state index in [1.165, 1.54) is 0 Å². The smallest absolute Gasteiger partial charge is 0.240 e. The van der Waals surface area contributed by atoms with Crippen molar-refractivity contribution in [1.29, 1.82) is 0 Å². The monoisotopic (exact) mass is 324 g/mol. The van der Waals surface area contributed by atoms with Crippen LogP contribution in [0.25, 0.3) is 0 Å². The highest BCUT2D eigenvalue weighted by Gasteiger charge is 2.44. The molecule has 3 atom stereocenters. The van der Waals surface area contributed by atoms with Gasteiger partial charge >= 0.3 is 0 Å². The Hall–Kier alpha value is -0.950. The first-order valence-electron chi connectivity index (χ1n) is 7.88. The highest BCUT2D eigenvalue weighted by molar-refractivity contribution is 7.89. The Labute approximate surface area is 132 Å². The summed E-state index contributed by atoms with van der Waals surface area (Å²) in [5.74, 6) is 0.688. The molecular formula is C16H24N2O3S. The lowest BCUT2D eigenvalue weighted by atomic mass is 9.93. The normalized spacial score (nSPS) is 29.1. The summed E-state index contributed by atoms with van der Waals surface area (Å²) >= 11 is 0. The van der Waals surface area contributed by atoms with E-state index < -0.39 is 10.0 Å². The van der Waals surface area contributed by atoms with Crippen LogP contribution in [0.15, 0.2) is 35.2 Å². The number of rotatable bonds is 5. The predicted molar refractivity (Wildman–Crippen MR) is 85.1 cm³/mol. The lowest BCUT2D eigenvalue weighted by Gasteiger charge is -2.23. The number of ether oxygens (including phenoxy) is 1. The minimum atomic E-state index is -3.43. The average molecular weight is 324 g/mol. The Bertz CT molecular complexity index is 603. The lowest BCUT2D eigenvalue weighted by molar-refractivity contribution is 0.0902. The Morgan fingerprint density at radius 1 is 1.27 bits per heavy atom. The fraction of sp³-hybridized carbons (Fsp3) is 0.625. The molecule has 0 spiro atoms. The van der Waals surface area contributed by atoms with Crippen molar-refractivity contribution >= 4 is 10.0 Å². The van der Waals surface area contributed by atoms with Crippen LogP contribution in [0.4, 0.5) is 0 Å². The molecule has 5 nitrogen and oxygen atoms in total. The number of nitrogens with one attached hydrogen (secondary N) is 1. The Morgan fingerprint density at radius 3 is 2.68 bits per heavy atom. The molecule has 1 aromatic carbocycles. The van der Waals surface area contributed by atoms with Gasteiger partial charge in [0.1, 0.15) is 0 Å². The maximum Gasteiger partial charge on any atom is 0.240 e. The second-order valence-electron chi connectivity index (χ2n) is 6.51. The van der Waals surface area contributed by atoms with E-state index in [0.717, 1.165) is 13.1 Å². The standard InChI is InChI=1S/C16H24N2O3S/c1-12(2)18-9-15-13(11-21-16(15)10-18)8-17-22(19,20)14-6-4-3-5-7-14/h3-7,12-13,15-17H,8-11H2,1-2H3/t13-,15+,16+/m0/s1. The Balaban J connectivity index is 1.61. The van der Waals surface area contributed by atoms with Crippen LogP contribution in [0.2, 0.25) is 0 Å². The minimum absolute atomic E-state index is 0.257. The molecule has 0 saturated carbocycles. The molecule has 2 saturated heterocycles. The van der Waals surface area contributed by atoms with E-state index in [0.29, 0.717) is 30.0 Å². The zero-order chi connectivity index (χ0) is 15.7. The van der Waals surface area contributed by atoms with Crippen LogP contribution in [-0.2, 0) is 14.8 Å². The van der Waals surface area contributed by atoms with Crippen molar-refractivity contribution in [2.45, 2.75) is 30.9 Å². The quantitative estimate of drug-likeness (QED) is 0.887. The van der Waals surface area contributed by atoms with Crippen LogP contribution < -0.4 is 4.72 Å². The maximum atomic E-state index is 12.3. The molecule has 0 bridgehead atoms. The van der Waals surface area contributed by atoms with Crippen molar-refractivity contribution in [3.8, 4) is 0 Å². The van der Waals surface area contributed by atoms with Crippen LogP contribution >= 0.6 is 0 Å². The molecular weight excluding hydrogens is 300 g/mol. The van der Waals surface area contributed by atoms with Crippen LogP contribution in [-0.4, -0.2) is 51.7 Å². The second-order valence-corrected chi connectivity index (χ2v) is 8.28. The van der Waals surface area contributed by atoms with E-state index in [1.807, 2.05) is 6.07 Å². The Kier molecular flexibility index (Phi) is 4.54. The van der Waals surface area contributed by atoms with Crippen molar-refractivity contribution in [2.24, 2.45) is 11.8 Å². The molecule has 0 aromatic heterocycles. The van der Waals surface area contributed by atoms with E-state index in [9.17, 15) is 8.42 Å². The zero-order valence-corrected chi connectivity index (χ0v) is 13.9. The van der Waals surface area contributed by atoms with Gasteiger partial charge in [-0.1, -0.05) is 18.2 Å². The Morgan fingerprint density at radius 2 is 2.00 bits per heavy atom. The van der Waals surface area contributed by atoms with Crippen molar-refractivity contribution < 1.29 is 13.2 Å². The fourth-order valence-corrected chi connectivity index (χ4v) is 4.48. The van der Waals surface area contributed by atoms with Gasteiger partial charge in [-0.3, -0.25) is 4.90 Å². The number of fused-ring (bicyclic) bond motifs is 1. The van der Waals surface area contributed by atoms with E-state index in [1.54, 1.807) is 24.3 Å². The minimum Gasteiger partial charge on any atom is -0.376 e. The molecule has 2 aliphatic rings. The molecule has 2 heterocycles. The summed E-state index contributed by atoms with van der Waals surface area (Å²) in [6, 6.07) is 9.03. The summed E-state index contributed by atoms with van der Waals surface area (Å²) in [5, 5.41) is 0. The lowest BCUT2D eigenvalue weighted by Crippen LogP contribution is -2.35. The van der Waals surface area contributed by atoms with E-state index in [-0.39, 0.29) is 12.0 Å². The van der Waals surface area contributed by atoms with Crippen LogP contribution in [0.5, 0.6) is 0 Å². The summed E-state index contributed by atoms with van der Waals surface area (Å²) in [7, 11) is -3.43. The molecule has 1 aromatic rings. The van der Waals surface area contributed by atoms with E-state index >= 15 is 0 Å². The fourth-order valence-electron chi connectivity index (χ4n) is 3.36. The summed E-state index contributed by atoms with van der Waals surface area (Å²) in [6.07, 6.45) is 0.258. The van der Waals surface area contributed by atoms with Crippen molar-refractivity contribution in [3.63, 3.8) is 0 Å². The SMILES string of the molecule is CC(C)N1C[C@@H]2[C@@H](CNS(=O)(=O)c3ccccc3)CO[C@@H]2C1. The van der Waals surface area contributed by atoms with Gasteiger partial charge in [0.25, 0.3) is 0 Å². The maximum absolute atomic E-state index is 12.3. The van der Waals surface area contributed by atoms with Gasteiger partial charge in [-0.2, -0.15) is 0 Å². The van der Waals surface area contributed by atoms with Gasteiger partial charge < -0.3 is 4.74 Å². The molecule has 122 valence electrons. The third-order valence-corrected chi connectivity index (χ3v) is 6.23. The molecule has 0 radical (unpaired) electrons. The summed E-state index contributed by atoms with van der Waals surface area (Å²) in [6.45, 7) is 7.44. The van der Waals surface area contributed by atoms with Crippen molar-refractivity contribution in [3.05, 3.63) is 30.3 Å². The highest BCUT2D eigenvalue weighted by Crippen LogP contribution is 2.34. The van der Waals surface area contributed by atoms with Gasteiger partial charge in [0.05, 0.1) is 17.6 Å². The number of nitrogens with zero attached hydrogens (tertiary/aromatic N) is 1. The number of sulfonamides is 1. The average Bonchev–Trinajstić information content (AvgIpc) is 3.07. The van der Waals surface area contributed by atoms with Gasteiger partial charge in [0.15, 0.2) is 0 Å². The van der Waals surface area contributed by atoms with Crippen LogP contribution in [0.1, 0.15) is 13.8 Å². The number of hydrogen-bond donors (Lipinski definition) is 1. The molecule has 1 N–H and O–H groups in total. The number of hydrogen-bond acceptors (Lipinski definition) is 4. The first-order chi connectivity index (χ1) is 10.5. The molecule has 2 fully saturated rings. The van der Waals surface area contributed by atoms with E-state index in [2.05, 4.69) is 23.5 Å². The van der Waals surface area contributed by atoms with Crippen molar-refractivity contribution in [1.82, 2.24) is 9.62 Å². The molecule has 6 heteroatoms. The molecule has 0 amide bonds. The van der Waals surface area contributed by atoms with Crippen LogP contribution in [0, 0.1) is 11.8 Å². The summed E-state index contributed by atoms with van der Waals surface area (Å²) in [4.78, 5) is 2.73. The van der Waals surface area contributed by atoms with Gasteiger partial charge in [-0.05, 0) is 26.0 Å². The van der Waals surface area contributed by atoms with Gasteiger partial charge in [-0.25, -0.2) is 13.1 Å². The highest BCUT2D eigenvalue weighted by atomic mass is 32.2. The first-order valence-corrected chi connectivity index (χ1v) is 9.36. The topological polar surface area (TPSA) is 58.6 Å². The largest absolute Gasteiger partial charge is 0.376 e. The summed E-state index contributed by atoms with van der Waals surface area (Å²) in [5.41, 5.74) is 0. The zero-order valence-electron chi connectivity index (χ0n) is 13.1. The second kappa shape index (κ2) is 6.28. The first kappa shape index (κ1) is 15.9. The molecule has 22 heavy (non-hydrogen) atoms. The van der Waals surface area contributed by atoms with Gasteiger partial charge in [0.2, 0.25) is 10.0 Å². The van der Waals surface area contributed by atoms with Crippen LogP contribution in [0.3, 0.4) is 0 Å².